The van der Waals surface area contributed by atoms with Crippen molar-refractivity contribution in [2.45, 2.75) is 0 Å². The Hall–Kier alpha value is -3.22. The van der Waals surface area contributed by atoms with Crippen molar-refractivity contribution in [1.29, 1.82) is 0 Å². The van der Waals surface area contributed by atoms with Crippen LogP contribution in [0.25, 0.3) is 16.9 Å². The molecule has 4 aromatic rings. The quantitative estimate of drug-likeness (QED) is 0.349. The van der Waals surface area contributed by atoms with E-state index in [1.54, 1.807) is 65.3 Å². The minimum Gasteiger partial charge on any atom is -0.465 e. The van der Waals surface area contributed by atoms with E-state index in [1.807, 2.05) is 0 Å². The van der Waals surface area contributed by atoms with Crippen LogP contribution in [0.5, 0.6) is 0 Å². The van der Waals surface area contributed by atoms with E-state index in [0.29, 0.717) is 22.5 Å². The van der Waals surface area contributed by atoms with Gasteiger partial charge >= 0.3 is 5.97 Å². The average molecular weight is 426 g/mol. The summed E-state index contributed by atoms with van der Waals surface area (Å²) in [5, 5.41) is 0.485. The first-order valence-electron chi connectivity index (χ1n) is 8.52. The van der Waals surface area contributed by atoms with Crippen LogP contribution in [0.2, 0.25) is 10.0 Å². The number of ether oxygens (including phenoxy) is 1. The molecule has 29 heavy (non-hydrogen) atoms. The molecule has 2 aromatic heterocycles. The lowest BCUT2D eigenvalue weighted by molar-refractivity contribution is 0.0600. The van der Waals surface area contributed by atoms with Crippen LogP contribution < -0.4 is 0 Å². The highest BCUT2D eigenvalue weighted by atomic mass is 35.5. The van der Waals surface area contributed by atoms with Gasteiger partial charge in [-0.05, 0) is 30.3 Å². The second-order valence-electron chi connectivity index (χ2n) is 6.09. The fraction of sp³-hybridized carbons (Fsp3) is 0.0476. The van der Waals surface area contributed by atoms with Gasteiger partial charge in [-0.1, -0.05) is 41.4 Å². The predicted molar refractivity (Wildman–Crippen MR) is 110 cm³/mol. The number of hydrogen-bond donors (Lipinski definition) is 0. The van der Waals surface area contributed by atoms with Gasteiger partial charge in [0.15, 0.2) is 11.5 Å². The molecule has 0 aliphatic heterocycles. The number of carbonyl (C=O) groups excluding carboxylic acids is 2. The maximum atomic E-state index is 13.2. The van der Waals surface area contributed by atoms with E-state index in [9.17, 15) is 9.59 Å². The van der Waals surface area contributed by atoms with Gasteiger partial charge in [0, 0.05) is 18.0 Å². The van der Waals surface area contributed by atoms with E-state index in [1.165, 1.54) is 7.11 Å². The Bertz CT molecular complexity index is 1230. The first kappa shape index (κ1) is 19.1. The van der Waals surface area contributed by atoms with Crippen molar-refractivity contribution in [2.24, 2.45) is 0 Å². The molecule has 4 rings (SSSR count). The Labute approximate surface area is 175 Å². The van der Waals surface area contributed by atoms with Crippen molar-refractivity contribution in [1.82, 2.24) is 14.4 Å². The normalized spacial score (nSPS) is 10.9. The number of benzene rings is 2. The van der Waals surface area contributed by atoms with Crippen molar-refractivity contribution in [3.05, 3.63) is 87.9 Å². The Balaban J connectivity index is 1.86. The van der Waals surface area contributed by atoms with Gasteiger partial charge in [0.2, 0.25) is 5.78 Å². The number of methoxy groups -OCH3 is 1. The van der Waals surface area contributed by atoms with Crippen LogP contribution in [0.1, 0.15) is 26.5 Å². The Morgan fingerprint density at radius 3 is 2.34 bits per heavy atom. The molecule has 0 spiro atoms. The van der Waals surface area contributed by atoms with E-state index in [2.05, 4.69) is 9.97 Å². The number of fused-ring (bicyclic) bond motifs is 1. The fourth-order valence-electron chi connectivity index (χ4n) is 2.99. The second kappa shape index (κ2) is 7.66. The topological polar surface area (TPSA) is 73.6 Å². The maximum absolute atomic E-state index is 13.2. The standard InChI is InChI=1S/C21H13Cl2N3O3/c1-29-21(28)13-8-6-12(7-9-13)17-19-24-10-3-11-26(19)20(25-17)18(27)16-14(22)4-2-5-15(16)23/h2-11H,1H3. The van der Waals surface area contributed by atoms with E-state index in [-0.39, 0.29) is 21.4 Å². The molecule has 0 aliphatic rings. The predicted octanol–water partition coefficient (Wildman–Crippen LogP) is 4.72. The highest BCUT2D eigenvalue weighted by Gasteiger charge is 2.24. The molecule has 2 aromatic carbocycles. The summed E-state index contributed by atoms with van der Waals surface area (Å²) >= 11 is 12.4. The lowest BCUT2D eigenvalue weighted by Crippen LogP contribution is -2.08. The number of esters is 1. The van der Waals surface area contributed by atoms with Crippen molar-refractivity contribution in [3.63, 3.8) is 0 Å². The fourth-order valence-corrected chi connectivity index (χ4v) is 3.56. The smallest absolute Gasteiger partial charge is 0.337 e. The lowest BCUT2D eigenvalue weighted by atomic mass is 10.1. The minimum absolute atomic E-state index is 0.134. The zero-order valence-corrected chi connectivity index (χ0v) is 16.6. The van der Waals surface area contributed by atoms with Crippen molar-refractivity contribution < 1.29 is 14.3 Å². The summed E-state index contributed by atoms with van der Waals surface area (Å²) in [7, 11) is 1.32. The second-order valence-corrected chi connectivity index (χ2v) is 6.91. The molecule has 0 N–H and O–H groups in total. The third-order valence-corrected chi connectivity index (χ3v) is 5.01. The molecule has 2 heterocycles. The van der Waals surface area contributed by atoms with Crippen LogP contribution in [0.4, 0.5) is 0 Å². The summed E-state index contributed by atoms with van der Waals surface area (Å²) in [6.45, 7) is 0. The number of imidazole rings is 1. The molecule has 8 heteroatoms. The van der Waals surface area contributed by atoms with E-state index in [0.717, 1.165) is 0 Å². The van der Waals surface area contributed by atoms with Crippen LogP contribution in [0.3, 0.4) is 0 Å². The molecule has 0 amide bonds. The number of halogens is 2. The summed E-state index contributed by atoms with van der Waals surface area (Å²) in [6.07, 6.45) is 3.31. The summed E-state index contributed by atoms with van der Waals surface area (Å²) in [5.74, 6) is -0.718. The SMILES string of the molecule is COC(=O)c1ccc(-c2nc(C(=O)c3c(Cl)cccc3Cl)n3cccnc23)cc1. The zero-order valence-electron chi connectivity index (χ0n) is 15.1. The van der Waals surface area contributed by atoms with Crippen LogP contribution >= 0.6 is 23.2 Å². The minimum atomic E-state index is -0.436. The first-order chi connectivity index (χ1) is 14.0. The molecule has 144 valence electrons. The summed E-state index contributed by atoms with van der Waals surface area (Å²) in [6, 6.07) is 13.3. The van der Waals surface area contributed by atoms with Gasteiger partial charge in [-0.2, -0.15) is 0 Å². The average Bonchev–Trinajstić information content (AvgIpc) is 3.13. The molecule has 0 bridgehead atoms. The highest BCUT2D eigenvalue weighted by Crippen LogP contribution is 2.29. The third-order valence-electron chi connectivity index (χ3n) is 4.38. The molecule has 6 nitrogen and oxygen atoms in total. The largest absolute Gasteiger partial charge is 0.465 e. The maximum Gasteiger partial charge on any atom is 0.337 e. The van der Waals surface area contributed by atoms with Crippen LogP contribution in [-0.4, -0.2) is 33.2 Å². The van der Waals surface area contributed by atoms with Gasteiger partial charge in [0.05, 0.1) is 28.3 Å². The van der Waals surface area contributed by atoms with Gasteiger partial charge in [0.1, 0.15) is 5.69 Å². The van der Waals surface area contributed by atoms with Crippen LogP contribution in [0.15, 0.2) is 60.9 Å². The van der Waals surface area contributed by atoms with Gasteiger partial charge < -0.3 is 4.74 Å². The number of hydrogen-bond acceptors (Lipinski definition) is 5. The summed E-state index contributed by atoms with van der Waals surface area (Å²) < 4.78 is 6.31. The molecule has 0 saturated carbocycles. The van der Waals surface area contributed by atoms with Gasteiger partial charge in [0.25, 0.3) is 0 Å². The van der Waals surface area contributed by atoms with Crippen molar-refractivity contribution >= 4 is 40.6 Å². The van der Waals surface area contributed by atoms with E-state index < -0.39 is 11.8 Å². The third kappa shape index (κ3) is 3.37. The Morgan fingerprint density at radius 1 is 1.00 bits per heavy atom. The van der Waals surface area contributed by atoms with Crippen LogP contribution in [0, 0.1) is 0 Å². The first-order valence-corrected chi connectivity index (χ1v) is 9.27. The lowest BCUT2D eigenvalue weighted by Gasteiger charge is -2.04. The number of aromatic nitrogens is 3. The van der Waals surface area contributed by atoms with Gasteiger partial charge in [-0.3, -0.25) is 9.20 Å². The molecular formula is C21H13Cl2N3O3. The molecule has 0 aliphatic carbocycles. The number of ketones is 1. The molecule has 0 atom stereocenters. The molecule has 0 radical (unpaired) electrons. The van der Waals surface area contributed by atoms with Crippen LogP contribution in [-0.2, 0) is 4.74 Å². The van der Waals surface area contributed by atoms with Gasteiger partial charge in [-0.15, -0.1) is 0 Å². The molecule has 0 unspecified atom stereocenters. The highest BCUT2D eigenvalue weighted by molar-refractivity contribution is 6.40. The molecule has 0 fully saturated rings. The summed E-state index contributed by atoms with van der Waals surface area (Å²) in [5.41, 5.74) is 2.27. The van der Waals surface area contributed by atoms with E-state index >= 15 is 0 Å². The zero-order chi connectivity index (χ0) is 20.5. The molecular weight excluding hydrogens is 413 g/mol. The number of carbonyl (C=O) groups is 2. The van der Waals surface area contributed by atoms with E-state index in [4.69, 9.17) is 27.9 Å². The summed E-state index contributed by atoms with van der Waals surface area (Å²) in [4.78, 5) is 33.7. The van der Waals surface area contributed by atoms with Crippen molar-refractivity contribution in [3.8, 4) is 11.3 Å². The monoisotopic (exact) mass is 425 g/mol. The van der Waals surface area contributed by atoms with Crippen molar-refractivity contribution in [2.75, 3.05) is 7.11 Å². The molecule has 0 saturated heterocycles. The number of nitrogens with zero attached hydrogens (tertiary/aromatic N) is 3. The Kier molecular flexibility index (Phi) is 5.05. The van der Waals surface area contributed by atoms with Gasteiger partial charge in [-0.25, -0.2) is 14.8 Å². The number of rotatable bonds is 4. The Morgan fingerprint density at radius 2 is 1.69 bits per heavy atom.